The van der Waals surface area contributed by atoms with Gasteiger partial charge in [0.2, 0.25) is 5.76 Å². The molecule has 0 radical (unpaired) electrons. The van der Waals surface area contributed by atoms with Crippen molar-refractivity contribution in [2.24, 2.45) is 0 Å². The Labute approximate surface area is 220 Å². The Balaban J connectivity index is 1.46. The van der Waals surface area contributed by atoms with Gasteiger partial charge >= 0.3 is 0 Å². The predicted octanol–water partition coefficient (Wildman–Crippen LogP) is 4.23. The summed E-state index contributed by atoms with van der Waals surface area (Å²) in [6.45, 7) is 4.53. The Bertz CT molecular complexity index is 1570. The van der Waals surface area contributed by atoms with Gasteiger partial charge in [-0.15, -0.1) is 0 Å². The Kier molecular flexibility index (Phi) is 6.51. The maximum absolute atomic E-state index is 14.0. The molecule has 1 unspecified atom stereocenters. The van der Waals surface area contributed by atoms with Crippen molar-refractivity contribution >= 4 is 27.6 Å². The first kappa shape index (κ1) is 24.5. The van der Waals surface area contributed by atoms with Crippen LogP contribution in [-0.4, -0.2) is 69.3 Å². The standard InChI is InChI=1S/C30H30N2O6/c1-35-23-11-9-20(18-24(23)36-2)26-25-27(33)22-10-8-19-6-3-4-7-21(19)28(22)38-29(25)30(34)32(26)13-5-12-31-14-16-37-17-15-31/h3-4,6-11,18,26H,5,12-17H2,1-2H3. The SMILES string of the molecule is COc1ccc(C2c3c(oc4c(ccc5ccccc54)c3=O)C(=O)N2CCCN2CCOCC2)cc1OC. The molecule has 3 heterocycles. The van der Waals surface area contributed by atoms with Crippen LogP contribution in [-0.2, 0) is 4.74 Å². The van der Waals surface area contributed by atoms with Crippen molar-refractivity contribution in [3.8, 4) is 11.5 Å². The lowest BCUT2D eigenvalue weighted by Crippen LogP contribution is -2.38. The Morgan fingerprint density at radius 2 is 1.68 bits per heavy atom. The second-order valence-corrected chi connectivity index (χ2v) is 9.66. The van der Waals surface area contributed by atoms with E-state index in [0.29, 0.717) is 34.6 Å². The van der Waals surface area contributed by atoms with Gasteiger partial charge in [0.1, 0.15) is 5.58 Å². The highest BCUT2D eigenvalue weighted by Gasteiger charge is 2.43. The van der Waals surface area contributed by atoms with E-state index in [1.54, 1.807) is 31.3 Å². The van der Waals surface area contributed by atoms with E-state index in [9.17, 15) is 9.59 Å². The van der Waals surface area contributed by atoms with E-state index < -0.39 is 6.04 Å². The lowest BCUT2D eigenvalue weighted by molar-refractivity contribution is 0.0353. The Morgan fingerprint density at radius 1 is 0.895 bits per heavy atom. The van der Waals surface area contributed by atoms with E-state index >= 15 is 0 Å². The molecule has 0 N–H and O–H groups in total. The van der Waals surface area contributed by atoms with Gasteiger partial charge < -0.3 is 23.5 Å². The highest BCUT2D eigenvalue weighted by molar-refractivity contribution is 6.06. The van der Waals surface area contributed by atoms with E-state index in [1.807, 2.05) is 42.5 Å². The minimum atomic E-state index is -0.589. The summed E-state index contributed by atoms with van der Waals surface area (Å²) in [6, 6.07) is 16.4. The summed E-state index contributed by atoms with van der Waals surface area (Å²) in [5.41, 5.74) is 1.40. The number of nitrogens with zero attached hydrogens (tertiary/aromatic N) is 2. The first-order chi connectivity index (χ1) is 18.6. The number of morpholine rings is 1. The highest BCUT2D eigenvalue weighted by Crippen LogP contribution is 2.41. The summed E-state index contributed by atoms with van der Waals surface area (Å²) in [5, 5.41) is 2.23. The molecule has 0 aliphatic carbocycles. The molecule has 2 aliphatic rings. The summed E-state index contributed by atoms with van der Waals surface area (Å²) in [5.74, 6) is 0.964. The number of carbonyl (C=O) groups is 1. The van der Waals surface area contributed by atoms with Crippen molar-refractivity contribution in [3.05, 3.63) is 81.7 Å². The van der Waals surface area contributed by atoms with Gasteiger partial charge in [-0.05, 0) is 35.6 Å². The highest BCUT2D eigenvalue weighted by atomic mass is 16.5. The van der Waals surface area contributed by atoms with Crippen LogP contribution in [0.2, 0.25) is 0 Å². The van der Waals surface area contributed by atoms with E-state index in [1.165, 1.54) is 0 Å². The van der Waals surface area contributed by atoms with Gasteiger partial charge in [-0.2, -0.15) is 0 Å². The molecule has 2 aliphatic heterocycles. The molecule has 8 heteroatoms. The third kappa shape index (κ3) is 4.10. The summed E-state index contributed by atoms with van der Waals surface area (Å²) >= 11 is 0. The molecular formula is C30H30N2O6. The van der Waals surface area contributed by atoms with Crippen LogP contribution in [0, 0.1) is 0 Å². The summed E-state index contributed by atoms with van der Waals surface area (Å²) in [4.78, 5) is 32.0. The summed E-state index contributed by atoms with van der Waals surface area (Å²) in [6.07, 6.45) is 0.764. The second kappa shape index (κ2) is 10.1. The van der Waals surface area contributed by atoms with E-state index in [2.05, 4.69) is 4.90 Å². The van der Waals surface area contributed by atoms with Crippen LogP contribution in [0.1, 0.15) is 34.1 Å². The van der Waals surface area contributed by atoms with Crippen LogP contribution < -0.4 is 14.9 Å². The molecule has 1 amide bonds. The van der Waals surface area contributed by atoms with Crippen LogP contribution in [0.4, 0.5) is 0 Å². The third-order valence-corrected chi connectivity index (χ3v) is 7.56. The molecule has 8 nitrogen and oxygen atoms in total. The molecule has 0 bridgehead atoms. The minimum Gasteiger partial charge on any atom is -0.493 e. The smallest absolute Gasteiger partial charge is 0.290 e. The first-order valence-electron chi connectivity index (χ1n) is 12.9. The van der Waals surface area contributed by atoms with E-state index in [4.69, 9.17) is 18.6 Å². The fourth-order valence-electron chi connectivity index (χ4n) is 5.64. The molecule has 1 aromatic heterocycles. The van der Waals surface area contributed by atoms with E-state index in [0.717, 1.165) is 55.6 Å². The minimum absolute atomic E-state index is 0.116. The molecule has 6 rings (SSSR count). The Morgan fingerprint density at radius 3 is 2.47 bits per heavy atom. The average Bonchev–Trinajstić information content (AvgIpc) is 3.24. The number of hydrogen-bond acceptors (Lipinski definition) is 7. The number of fused-ring (bicyclic) bond motifs is 4. The van der Waals surface area contributed by atoms with Crippen LogP contribution in [0.25, 0.3) is 21.7 Å². The lowest BCUT2D eigenvalue weighted by Gasteiger charge is -2.29. The second-order valence-electron chi connectivity index (χ2n) is 9.66. The number of amides is 1. The fourth-order valence-corrected chi connectivity index (χ4v) is 5.64. The number of hydrogen-bond donors (Lipinski definition) is 0. The maximum atomic E-state index is 14.0. The topological polar surface area (TPSA) is 81.5 Å². The zero-order valence-corrected chi connectivity index (χ0v) is 21.6. The van der Waals surface area contributed by atoms with Crippen molar-refractivity contribution < 1.29 is 23.4 Å². The van der Waals surface area contributed by atoms with E-state index in [-0.39, 0.29) is 17.1 Å². The summed E-state index contributed by atoms with van der Waals surface area (Å²) < 4.78 is 22.7. The van der Waals surface area contributed by atoms with Crippen molar-refractivity contribution in [1.82, 2.24) is 9.80 Å². The van der Waals surface area contributed by atoms with Gasteiger partial charge in [-0.1, -0.05) is 36.4 Å². The molecule has 4 aromatic rings. The monoisotopic (exact) mass is 514 g/mol. The van der Waals surface area contributed by atoms with Gasteiger partial charge in [0, 0.05) is 31.6 Å². The normalized spacial score (nSPS) is 17.8. The fraction of sp³-hybridized carbons (Fsp3) is 0.333. The zero-order valence-electron chi connectivity index (χ0n) is 21.6. The largest absolute Gasteiger partial charge is 0.493 e. The van der Waals surface area contributed by atoms with Crippen LogP contribution in [0.3, 0.4) is 0 Å². The van der Waals surface area contributed by atoms with Gasteiger partial charge in [-0.3, -0.25) is 14.5 Å². The van der Waals surface area contributed by atoms with Crippen molar-refractivity contribution in [2.45, 2.75) is 12.5 Å². The van der Waals surface area contributed by atoms with Gasteiger partial charge in [0.15, 0.2) is 16.9 Å². The van der Waals surface area contributed by atoms with Crippen molar-refractivity contribution in [2.75, 3.05) is 53.6 Å². The predicted molar refractivity (Wildman–Crippen MR) is 144 cm³/mol. The van der Waals surface area contributed by atoms with Crippen molar-refractivity contribution in [3.63, 3.8) is 0 Å². The average molecular weight is 515 g/mol. The quantitative estimate of drug-likeness (QED) is 0.342. The first-order valence-corrected chi connectivity index (χ1v) is 12.9. The van der Waals surface area contributed by atoms with Crippen LogP contribution in [0.15, 0.2) is 63.8 Å². The Hall–Kier alpha value is -3.88. The number of carbonyl (C=O) groups excluding carboxylic acids is 1. The molecule has 0 saturated carbocycles. The number of methoxy groups -OCH3 is 2. The molecule has 38 heavy (non-hydrogen) atoms. The molecule has 0 spiro atoms. The molecule has 1 saturated heterocycles. The number of benzene rings is 3. The maximum Gasteiger partial charge on any atom is 0.290 e. The number of rotatable bonds is 7. The summed E-state index contributed by atoms with van der Waals surface area (Å²) in [7, 11) is 3.15. The van der Waals surface area contributed by atoms with Gasteiger partial charge in [0.05, 0.1) is 44.4 Å². The molecule has 1 fully saturated rings. The number of ether oxygens (including phenoxy) is 3. The molecule has 3 aromatic carbocycles. The zero-order chi connectivity index (χ0) is 26.2. The third-order valence-electron chi connectivity index (χ3n) is 7.56. The molecule has 196 valence electrons. The van der Waals surface area contributed by atoms with Crippen LogP contribution in [0.5, 0.6) is 11.5 Å². The molecular weight excluding hydrogens is 484 g/mol. The van der Waals surface area contributed by atoms with Gasteiger partial charge in [-0.25, -0.2) is 0 Å². The molecule has 1 atom stereocenters. The van der Waals surface area contributed by atoms with Gasteiger partial charge in [0.25, 0.3) is 5.91 Å². The van der Waals surface area contributed by atoms with Crippen molar-refractivity contribution in [1.29, 1.82) is 0 Å². The lowest BCUT2D eigenvalue weighted by atomic mass is 9.97. The van der Waals surface area contributed by atoms with Crippen LogP contribution >= 0.6 is 0 Å².